The first-order valence-electron chi connectivity index (χ1n) is 7.71. The Labute approximate surface area is 134 Å². The minimum Gasteiger partial charge on any atom is -0.329 e. The monoisotopic (exact) mass is 303 g/mol. The number of hydrogen-bond acceptors (Lipinski definition) is 3. The SMILES string of the molecule is CCc1nccn1Cc1cn(-c2ccc3ncccc3c2)cn1. The highest BCUT2D eigenvalue weighted by Crippen LogP contribution is 2.17. The minimum absolute atomic E-state index is 0.741. The van der Waals surface area contributed by atoms with Gasteiger partial charge in [0.05, 0.1) is 24.1 Å². The predicted octanol–water partition coefficient (Wildman–Crippen LogP) is 3.23. The first kappa shape index (κ1) is 13.7. The largest absolute Gasteiger partial charge is 0.329 e. The molecule has 5 nitrogen and oxygen atoms in total. The standard InChI is InChI=1S/C18H17N5/c1-2-18-20-8-9-22(18)11-15-12-23(13-21-15)16-5-6-17-14(10-16)4-3-7-19-17/h3-10,12-13H,2,11H2,1H3. The van der Waals surface area contributed by atoms with E-state index in [4.69, 9.17) is 0 Å². The quantitative estimate of drug-likeness (QED) is 0.581. The van der Waals surface area contributed by atoms with Crippen LogP contribution < -0.4 is 0 Å². The van der Waals surface area contributed by atoms with Crippen molar-refractivity contribution in [2.45, 2.75) is 19.9 Å². The zero-order chi connectivity index (χ0) is 15.6. The Morgan fingerprint density at radius 2 is 2.00 bits per heavy atom. The molecule has 0 aliphatic carbocycles. The lowest BCUT2D eigenvalue weighted by atomic mass is 10.2. The van der Waals surface area contributed by atoms with E-state index in [0.29, 0.717) is 0 Å². The van der Waals surface area contributed by atoms with Crippen LogP contribution in [0.15, 0.2) is 61.4 Å². The zero-order valence-corrected chi connectivity index (χ0v) is 12.9. The van der Waals surface area contributed by atoms with Crippen LogP contribution >= 0.6 is 0 Å². The molecule has 0 fully saturated rings. The molecule has 0 amide bonds. The molecule has 0 saturated heterocycles. The van der Waals surface area contributed by atoms with Crippen molar-refractivity contribution < 1.29 is 0 Å². The van der Waals surface area contributed by atoms with Gasteiger partial charge < -0.3 is 9.13 Å². The van der Waals surface area contributed by atoms with Crippen molar-refractivity contribution in [1.82, 2.24) is 24.1 Å². The highest BCUT2D eigenvalue weighted by atomic mass is 15.1. The van der Waals surface area contributed by atoms with Crippen molar-refractivity contribution in [3.8, 4) is 5.69 Å². The number of fused-ring (bicyclic) bond motifs is 1. The van der Waals surface area contributed by atoms with Crippen molar-refractivity contribution in [3.05, 3.63) is 73.0 Å². The molecule has 0 aliphatic heterocycles. The molecule has 0 N–H and O–H groups in total. The molecule has 3 aromatic heterocycles. The number of aromatic nitrogens is 5. The van der Waals surface area contributed by atoms with E-state index in [1.807, 2.05) is 41.6 Å². The van der Waals surface area contributed by atoms with Gasteiger partial charge in [0.1, 0.15) is 5.82 Å². The third kappa shape index (κ3) is 2.61. The maximum atomic E-state index is 4.52. The highest BCUT2D eigenvalue weighted by Gasteiger charge is 2.06. The molecule has 114 valence electrons. The van der Waals surface area contributed by atoms with Gasteiger partial charge in [0, 0.05) is 42.3 Å². The fourth-order valence-electron chi connectivity index (χ4n) is 2.78. The van der Waals surface area contributed by atoms with Gasteiger partial charge in [-0.15, -0.1) is 0 Å². The number of imidazole rings is 2. The van der Waals surface area contributed by atoms with Crippen LogP contribution in [0.3, 0.4) is 0 Å². The summed E-state index contributed by atoms with van der Waals surface area (Å²) < 4.78 is 4.18. The van der Waals surface area contributed by atoms with Gasteiger partial charge in [0.25, 0.3) is 0 Å². The molecular weight excluding hydrogens is 286 g/mol. The predicted molar refractivity (Wildman–Crippen MR) is 89.6 cm³/mol. The van der Waals surface area contributed by atoms with Gasteiger partial charge in [-0.05, 0) is 24.3 Å². The van der Waals surface area contributed by atoms with Crippen molar-refractivity contribution in [1.29, 1.82) is 0 Å². The van der Waals surface area contributed by atoms with Gasteiger partial charge in [-0.2, -0.15) is 0 Å². The van der Waals surface area contributed by atoms with E-state index < -0.39 is 0 Å². The van der Waals surface area contributed by atoms with Crippen molar-refractivity contribution in [2.24, 2.45) is 0 Å². The number of rotatable bonds is 4. The smallest absolute Gasteiger partial charge is 0.108 e. The summed E-state index contributed by atoms with van der Waals surface area (Å²) in [4.78, 5) is 13.2. The van der Waals surface area contributed by atoms with E-state index in [9.17, 15) is 0 Å². The van der Waals surface area contributed by atoms with Crippen LogP contribution in [0, 0.1) is 0 Å². The molecule has 0 radical (unpaired) electrons. The molecular formula is C18H17N5. The van der Waals surface area contributed by atoms with Crippen LogP contribution in [0.25, 0.3) is 16.6 Å². The Balaban J connectivity index is 1.64. The van der Waals surface area contributed by atoms with Crippen LogP contribution in [0.5, 0.6) is 0 Å². The van der Waals surface area contributed by atoms with E-state index in [0.717, 1.165) is 41.1 Å². The number of pyridine rings is 1. The molecule has 0 bridgehead atoms. The lowest BCUT2D eigenvalue weighted by Gasteiger charge is -2.05. The molecule has 0 atom stereocenters. The summed E-state index contributed by atoms with van der Waals surface area (Å²) >= 11 is 0. The third-order valence-electron chi connectivity index (χ3n) is 3.97. The average molecular weight is 303 g/mol. The molecule has 5 heteroatoms. The van der Waals surface area contributed by atoms with E-state index in [1.165, 1.54) is 0 Å². The van der Waals surface area contributed by atoms with Crippen LogP contribution in [0.2, 0.25) is 0 Å². The fraction of sp³-hybridized carbons (Fsp3) is 0.167. The molecule has 1 aromatic carbocycles. The topological polar surface area (TPSA) is 48.5 Å². The molecule has 0 aliphatic rings. The lowest BCUT2D eigenvalue weighted by molar-refractivity contribution is 0.719. The lowest BCUT2D eigenvalue weighted by Crippen LogP contribution is -2.03. The normalized spacial score (nSPS) is 11.2. The van der Waals surface area contributed by atoms with Gasteiger partial charge >= 0.3 is 0 Å². The number of hydrogen-bond donors (Lipinski definition) is 0. The van der Waals surface area contributed by atoms with Crippen molar-refractivity contribution >= 4 is 10.9 Å². The summed E-state index contributed by atoms with van der Waals surface area (Å²) in [6.07, 6.45) is 10.5. The molecule has 4 rings (SSSR count). The van der Waals surface area contributed by atoms with Crippen LogP contribution in [0.1, 0.15) is 18.4 Å². The van der Waals surface area contributed by atoms with Crippen LogP contribution in [-0.2, 0) is 13.0 Å². The van der Waals surface area contributed by atoms with Gasteiger partial charge in [-0.3, -0.25) is 4.98 Å². The summed E-state index contributed by atoms with van der Waals surface area (Å²) in [5.74, 6) is 1.08. The van der Waals surface area contributed by atoms with Gasteiger partial charge in [-0.25, -0.2) is 9.97 Å². The van der Waals surface area contributed by atoms with Gasteiger partial charge in [-0.1, -0.05) is 13.0 Å². The summed E-state index contributed by atoms with van der Waals surface area (Å²) in [5.41, 5.74) is 3.11. The van der Waals surface area contributed by atoms with Gasteiger partial charge in [0.2, 0.25) is 0 Å². The highest BCUT2D eigenvalue weighted by molar-refractivity contribution is 5.80. The molecule has 0 unspecified atom stereocenters. The summed E-state index contributed by atoms with van der Waals surface area (Å²) in [6.45, 7) is 2.85. The molecule has 0 saturated carbocycles. The second kappa shape index (κ2) is 5.68. The molecule has 3 heterocycles. The van der Waals surface area contributed by atoms with Crippen molar-refractivity contribution in [3.63, 3.8) is 0 Å². The Kier molecular flexibility index (Phi) is 3.38. The van der Waals surface area contributed by atoms with Gasteiger partial charge in [0.15, 0.2) is 0 Å². The van der Waals surface area contributed by atoms with Crippen LogP contribution in [-0.4, -0.2) is 24.1 Å². The average Bonchev–Trinajstić information content (AvgIpc) is 3.24. The Morgan fingerprint density at radius 3 is 2.91 bits per heavy atom. The van der Waals surface area contributed by atoms with E-state index in [2.05, 4.69) is 50.8 Å². The first-order chi connectivity index (χ1) is 11.3. The Bertz CT molecular complexity index is 951. The van der Waals surface area contributed by atoms with E-state index in [-0.39, 0.29) is 0 Å². The second-order valence-electron chi connectivity index (χ2n) is 5.48. The molecule has 23 heavy (non-hydrogen) atoms. The van der Waals surface area contributed by atoms with Crippen LogP contribution in [0.4, 0.5) is 0 Å². The van der Waals surface area contributed by atoms with E-state index in [1.54, 1.807) is 0 Å². The maximum absolute atomic E-state index is 4.52. The molecule has 4 aromatic rings. The fourth-order valence-corrected chi connectivity index (χ4v) is 2.78. The summed E-state index contributed by atoms with van der Waals surface area (Å²) in [7, 11) is 0. The molecule has 0 spiro atoms. The zero-order valence-electron chi connectivity index (χ0n) is 12.9. The minimum atomic E-state index is 0.741. The summed E-state index contributed by atoms with van der Waals surface area (Å²) in [5, 5.41) is 1.13. The Hall–Kier alpha value is -2.95. The number of aryl methyl sites for hydroxylation is 1. The first-order valence-corrected chi connectivity index (χ1v) is 7.71. The second-order valence-corrected chi connectivity index (χ2v) is 5.48. The Morgan fingerprint density at radius 1 is 1.04 bits per heavy atom. The maximum Gasteiger partial charge on any atom is 0.108 e. The van der Waals surface area contributed by atoms with Crippen molar-refractivity contribution in [2.75, 3.05) is 0 Å². The number of benzene rings is 1. The summed E-state index contributed by atoms with van der Waals surface area (Å²) in [6, 6.07) is 10.3. The van der Waals surface area contributed by atoms with E-state index >= 15 is 0 Å². The number of nitrogens with zero attached hydrogens (tertiary/aromatic N) is 5. The third-order valence-corrected chi connectivity index (χ3v) is 3.97.